The topological polar surface area (TPSA) is 95.5 Å². The molecule has 1 aliphatic rings. The minimum Gasteiger partial charge on any atom is -0.481 e. The molecule has 1 fully saturated rings. The molecule has 0 heterocycles. The maximum Gasteiger partial charge on any atom is 0.306 e. The lowest BCUT2D eigenvalue weighted by Crippen LogP contribution is -2.32. The Bertz CT molecular complexity index is 800. The molecule has 1 aliphatic carbocycles. The number of nitrogens with one attached hydrogen (secondary N) is 2. The van der Waals surface area contributed by atoms with Gasteiger partial charge in [-0.3, -0.25) is 14.4 Å². The van der Waals surface area contributed by atoms with E-state index in [0.29, 0.717) is 43.8 Å². The van der Waals surface area contributed by atoms with Gasteiger partial charge in [-0.2, -0.15) is 0 Å². The molecule has 1 aromatic rings. The maximum atomic E-state index is 12.5. The highest BCUT2D eigenvalue weighted by molar-refractivity contribution is 5.94. The Hall–Kier alpha value is -2.37. The van der Waals surface area contributed by atoms with E-state index in [4.69, 9.17) is 5.11 Å². The molecule has 0 spiro atoms. The van der Waals surface area contributed by atoms with Crippen LogP contribution in [0.1, 0.15) is 138 Å². The molecular weight excluding hydrogens is 476 g/mol. The summed E-state index contributed by atoms with van der Waals surface area (Å²) in [6, 6.07) is 7.37. The third-order valence-corrected chi connectivity index (χ3v) is 7.96. The Morgan fingerprint density at radius 3 is 1.79 bits per heavy atom. The molecule has 0 unspecified atom stereocenters. The number of aliphatic carboxylic acids is 1. The molecule has 214 valence electrons. The van der Waals surface area contributed by atoms with E-state index in [1.54, 1.807) is 12.1 Å². The van der Waals surface area contributed by atoms with Crippen LogP contribution in [0.15, 0.2) is 24.3 Å². The van der Waals surface area contributed by atoms with Crippen LogP contribution in [0.3, 0.4) is 0 Å². The molecule has 1 aromatic carbocycles. The van der Waals surface area contributed by atoms with Gasteiger partial charge in [0.05, 0.1) is 5.92 Å². The van der Waals surface area contributed by atoms with Crippen LogP contribution >= 0.6 is 0 Å². The second kappa shape index (κ2) is 19.7. The molecule has 3 N–H and O–H groups in total. The van der Waals surface area contributed by atoms with Crippen molar-refractivity contribution in [2.45, 2.75) is 129 Å². The van der Waals surface area contributed by atoms with Crippen LogP contribution in [-0.2, 0) is 16.1 Å². The fraction of sp³-hybridized carbons (Fsp3) is 0.719. The molecule has 0 aromatic heterocycles. The van der Waals surface area contributed by atoms with Gasteiger partial charge in [0.25, 0.3) is 5.91 Å². The predicted octanol–water partition coefficient (Wildman–Crippen LogP) is 7.40. The number of benzene rings is 1. The van der Waals surface area contributed by atoms with E-state index in [1.807, 2.05) is 12.1 Å². The fourth-order valence-electron chi connectivity index (χ4n) is 5.32. The number of carbonyl (C=O) groups excluding carboxylic acids is 2. The normalized spacial score (nSPS) is 17.2. The summed E-state index contributed by atoms with van der Waals surface area (Å²) in [4.78, 5) is 35.7. The summed E-state index contributed by atoms with van der Waals surface area (Å²) in [6.07, 6.45) is 20.5. The first-order valence-corrected chi connectivity index (χ1v) is 15.4. The van der Waals surface area contributed by atoms with Gasteiger partial charge in [0.15, 0.2) is 0 Å². The molecule has 0 bridgehead atoms. The second-order valence-electron chi connectivity index (χ2n) is 11.2. The molecular formula is C32H52N2O4. The van der Waals surface area contributed by atoms with E-state index >= 15 is 0 Å². The van der Waals surface area contributed by atoms with Gasteiger partial charge in [-0.15, -0.1) is 0 Å². The van der Waals surface area contributed by atoms with Crippen molar-refractivity contribution in [2.24, 2.45) is 11.8 Å². The lowest BCUT2D eigenvalue weighted by molar-refractivity contribution is -0.143. The lowest BCUT2D eigenvalue weighted by Gasteiger charge is -2.26. The Kier molecular flexibility index (Phi) is 16.5. The zero-order chi connectivity index (χ0) is 27.4. The highest BCUT2D eigenvalue weighted by atomic mass is 16.4. The van der Waals surface area contributed by atoms with Gasteiger partial charge in [-0.25, -0.2) is 0 Å². The monoisotopic (exact) mass is 528 g/mol. The van der Waals surface area contributed by atoms with Crippen molar-refractivity contribution >= 4 is 17.8 Å². The summed E-state index contributed by atoms with van der Waals surface area (Å²) in [5.41, 5.74) is 1.58. The van der Waals surface area contributed by atoms with E-state index in [-0.39, 0.29) is 17.7 Å². The van der Waals surface area contributed by atoms with Crippen LogP contribution in [0.2, 0.25) is 0 Å². The molecule has 2 amide bonds. The Morgan fingerprint density at radius 1 is 0.737 bits per heavy atom. The molecule has 0 saturated heterocycles. The van der Waals surface area contributed by atoms with Crippen LogP contribution < -0.4 is 10.6 Å². The number of amides is 2. The molecule has 1 saturated carbocycles. The zero-order valence-electron chi connectivity index (χ0n) is 23.8. The summed E-state index contributed by atoms with van der Waals surface area (Å²) in [7, 11) is 0. The zero-order valence-corrected chi connectivity index (χ0v) is 23.8. The van der Waals surface area contributed by atoms with Gasteiger partial charge in [0.1, 0.15) is 0 Å². The minimum absolute atomic E-state index is 0.0903. The van der Waals surface area contributed by atoms with Gasteiger partial charge in [-0.05, 0) is 55.7 Å². The molecule has 6 nitrogen and oxygen atoms in total. The van der Waals surface area contributed by atoms with E-state index < -0.39 is 5.97 Å². The van der Waals surface area contributed by atoms with Crippen LogP contribution in [0, 0.1) is 11.8 Å². The number of carbonyl (C=O) groups is 3. The highest BCUT2D eigenvalue weighted by Gasteiger charge is 2.26. The molecule has 6 heteroatoms. The third-order valence-electron chi connectivity index (χ3n) is 7.96. The summed E-state index contributed by atoms with van der Waals surface area (Å²) in [5.74, 6) is -0.609. The largest absolute Gasteiger partial charge is 0.481 e. The van der Waals surface area contributed by atoms with E-state index in [9.17, 15) is 14.4 Å². The maximum absolute atomic E-state index is 12.5. The van der Waals surface area contributed by atoms with Crippen molar-refractivity contribution in [3.63, 3.8) is 0 Å². The number of carboxylic acid groups (broad SMARTS) is 1. The van der Waals surface area contributed by atoms with Crippen LogP contribution in [-0.4, -0.2) is 29.4 Å². The van der Waals surface area contributed by atoms with Gasteiger partial charge in [0, 0.05) is 25.1 Å². The number of unbranched alkanes of at least 4 members (excludes halogenated alkanes) is 12. The van der Waals surface area contributed by atoms with Gasteiger partial charge >= 0.3 is 5.97 Å². The van der Waals surface area contributed by atoms with Crippen molar-refractivity contribution < 1.29 is 19.5 Å². The van der Waals surface area contributed by atoms with E-state index in [0.717, 1.165) is 31.2 Å². The fourth-order valence-corrected chi connectivity index (χ4v) is 5.32. The summed E-state index contributed by atoms with van der Waals surface area (Å²) >= 11 is 0. The first-order chi connectivity index (χ1) is 18.5. The third kappa shape index (κ3) is 14.0. The van der Waals surface area contributed by atoms with Crippen molar-refractivity contribution in [1.82, 2.24) is 10.6 Å². The molecule has 0 atom stereocenters. The van der Waals surface area contributed by atoms with Crippen LogP contribution in [0.5, 0.6) is 0 Å². The molecule has 2 rings (SSSR count). The van der Waals surface area contributed by atoms with Gasteiger partial charge in [-0.1, -0.05) is 96.1 Å². The minimum atomic E-state index is -0.705. The first-order valence-electron chi connectivity index (χ1n) is 15.4. The standard InChI is InChI=1S/C32H52N2O4/c1-2-3-4-5-6-7-8-9-10-11-12-13-14-15-30(35)33-24-26-16-20-28(21-17-26)31(36)34-25-27-18-22-29(23-19-27)32(37)38/h16-17,20-21,27,29H,2-15,18-19,22-25H2,1H3,(H,33,35)(H,34,36)(H,37,38). The second-order valence-corrected chi connectivity index (χ2v) is 11.2. The van der Waals surface area contributed by atoms with Crippen molar-refractivity contribution in [1.29, 1.82) is 0 Å². The van der Waals surface area contributed by atoms with Crippen LogP contribution in [0.4, 0.5) is 0 Å². The highest BCUT2D eigenvalue weighted by Crippen LogP contribution is 2.28. The van der Waals surface area contributed by atoms with Crippen molar-refractivity contribution in [3.05, 3.63) is 35.4 Å². The molecule has 38 heavy (non-hydrogen) atoms. The Balaban J connectivity index is 1.47. The van der Waals surface area contributed by atoms with Crippen molar-refractivity contribution in [3.8, 4) is 0 Å². The predicted molar refractivity (Wildman–Crippen MR) is 154 cm³/mol. The van der Waals surface area contributed by atoms with Crippen LogP contribution in [0.25, 0.3) is 0 Å². The SMILES string of the molecule is CCCCCCCCCCCCCCCC(=O)NCc1ccc(C(=O)NCC2CCC(C(=O)O)CC2)cc1. The average molecular weight is 529 g/mol. The van der Waals surface area contributed by atoms with E-state index in [2.05, 4.69) is 17.6 Å². The molecule has 0 radical (unpaired) electrons. The summed E-state index contributed by atoms with van der Waals surface area (Å²) < 4.78 is 0. The average Bonchev–Trinajstić information content (AvgIpc) is 2.93. The first kappa shape index (κ1) is 31.8. The smallest absolute Gasteiger partial charge is 0.306 e. The number of carboxylic acids is 1. The number of rotatable bonds is 20. The van der Waals surface area contributed by atoms with E-state index in [1.165, 1.54) is 70.6 Å². The Labute approximate surface area is 230 Å². The van der Waals surface area contributed by atoms with Gasteiger partial charge < -0.3 is 15.7 Å². The van der Waals surface area contributed by atoms with Crippen molar-refractivity contribution in [2.75, 3.05) is 6.54 Å². The number of hydrogen-bond donors (Lipinski definition) is 3. The quantitative estimate of drug-likeness (QED) is 0.154. The number of hydrogen-bond acceptors (Lipinski definition) is 3. The van der Waals surface area contributed by atoms with Gasteiger partial charge in [0.2, 0.25) is 5.91 Å². The molecule has 0 aliphatic heterocycles. The Morgan fingerprint density at radius 2 is 1.26 bits per heavy atom. The summed E-state index contributed by atoms with van der Waals surface area (Å²) in [6.45, 7) is 3.33. The lowest BCUT2D eigenvalue weighted by atomic mass is 9.82. The summed E-state index contributed by atoms with van der Waals surface area (Å²) in [5, 5.41) is 15.1.